The highest BCUT2D eigenvalue weighted by Crippen LogP contribution is 2.25. The first kappa shape index (κ1) is 17.9. The number of aromatic nitrogens is 5. The average molecular weight is 400 g/mol. The van der Waals surface area contributed by atoms with Gasteiger partial charge in [0.05, 0.1) is 24.2 Å². The molecule has 1 aliphatic rings. The minimum absolute atomic E-state index is 0.192. The molecule has 9 heteroatoms. The molecule has 0 radical (unpaired) electrons. The number of fused-ring (bicyclic) bond motifs is 1. The van der Waals surface area contributed by atoms with Crippen molar-refractivity contribution in [3.8, 4) is 5.69 Å². The molecule has 2 amide bonds. The molecule has 148 valence electrons. The maximum atomic E-state index is 13.4. The van der Waals surface area contributed by atoms with Crippen molar-refractivity contribution < 1.29 is 9.59 Å². The quantitative estimate of drug-likeness (QED) is 0.483. The van der Waals surface area contributed by atoms with Gasteiger partial charge in [-0.1, -0.05) is 6.07 Å². The van der Waals surface area contributed by atoms with E-state index in [2.05, 4.69) is 15.0 Å². The third kappa shape index (κ3) is 2.96. The SMILES string of the molecule is O=C1CCC(=O)N1c1cccc(-n2c(=O)c(Cn3ccnc3)nc3cccnc32)c1. The monoisotopic (exact) mass is 400 g/mol. The number of hydrogen-bond acceptors (Lipinski definition) is 6. The van der Waals surface area contributed by atoms with Crippen LogP contribution in [0.5, 0.6) is 0 Å². The lowest BCUT2D eigenvalue weighted by molar-refractivity contribution is -0.121. The van der Waals surface area contributed by atoms with Crippen molar-refractivity contribution in [2.24, 2.45) is 0 Å². The largest absolute Gasteiger partial charge is 0.331 e. The zero-order valence-corrected chi connectivity index (χ0v) is 15.8. The Hall–Kier alpha value is -4.14. The van der Waals surface area contributed by atoms with E-state index in [9.17, 15) is 14.4 Å². The van der Waals surface area contributed by atoms with Crippen molar-refractivity contribution in [2.45, 2.75) is 19.4 Å². The van der Waals surface area contributed by atoms with Crippen molar-refractivity contribution in [1.29, 1.82) is 0 Å². The summed E-state index contributed by atoms with van der Waals surface area (Å²) in [6.45, 7) is 0.256. The highest BCUT2D eigenvalue weighted by Gasteiger charge is 2.30. The average Bonchev–Trinajstić information content (AvgIpc) is 3.38. The van der Waals surface area contributed by atoms with Gasteiger partial charge in [0.15, 0.2) is 5.65 Å². The Bertz CT molecular complexity index is 1330. The topological polar surface area (TPSA) is 103 Å². The summed E-state index contributed by atoms with van der Waals surface area (Å²) in [5, 5.41) is 0. The van der Waals surface area contributed by atoms with E-state index < -0.39 is 0 Å². The summed E-state index contributed by atoms with van der Waals surface area (Å²) < 4.78 is 3.22. The van der Waals surface area contributed by atoms with Gasteiger partial charge < -0.3 is 4.57 Å². The van der Waals surface area contributed by atoms with Gasteiger partial charge in [0.1, 0.15) is 11.2 Å². The zero-order valence-electron chi connectivity index (χ0n) is 15.8. The van der Waals surface area contributed by atoms with Crippen LogP contribution in [0.4, 0.5) is 5.69 Å². The Labute approximate surface area is 170 Å². The first-order chi connectivity index (χ1) is 14.6. The van der Waals surface area contributed by atoms with Gasteiger partial charge in [0.25, 0.3) is 5.56 Å². The predicted octanol–water partition coefficient (Wildman–Crippen LogP) is 1.68. The minimum atomic E-state index is -0.328. The summed E-state index contributed by atoms with van der Waals surface area (Å²) >= 11 is 0. The standard InChI is InChI=1S/C21H16N6O3/c28-18-6-7-19(29)26(18)14-3-1-4-15(11-14)27-20-16(5-2-8-23-20)24-17(21(27)30)12-25-10-9-22-13-25/h1-5,8-11,13H,6-7,12H2. The number of amides is 2. The molecule has 1 aliphatic heterocycles. The molecule has 0 N–H and O–H groups in total. The number of carbonyl (C=O) groups is 2. The van der Waals surface area contributed by atoms with Crippen LogP contribution in [0.1, 0.15) is 18.5 Å². The van der Waals surface area contributed by atoms with Gasteiger partial charge in [-0.3, -0.25) is 23.9 Å². The highest BCUT2D eigenvalue weighted by atomic mass is 16.2. The maximum Gasteiger partial charge on any atom is 0.280 e. The number of hydrogen-bond donors (Lipinski definition) is 0. The third-order valence-electron chi connectivity index (χ3n) is 4.97. The molecule has 0 atom stereocenters. The molecule has 4 heterocycles. The number of imide groups is 1. The van der Waals surface area contributed by atoms with Gasteiger partial charge in [-0.05, 0) is 30.3 Å². The van der Waals surface area contributed by atoms with E-state index in [1.54, 1.807) is 65.9 Å². The van der Waals surface area contributed by atoms with Gasteiger partial charge in [0, 0.05) is 31.4 Å². The number of carbonyl (C=O) groups excluding carboxylic acids is 2. The summed E-state index contributed by atoms with van der Waals surface area (Å²) in [6.07, 6.45) is 6.98. The molecule has 4 aromatic rings. The highest BCUT2D eigenvalue weighted by molar-refractivity contribution is 6.19. The van der Waals surface area contributed by atoms with Crippen molar-refractivity contribution >= 4 is 28.7 Å². The second-order valence-electron chi connectivity index (χ2n) is 6.92. The lowest BCUT2D eigenvalue weighted by atomic mass is 10.2. The molecule has 1 aromatic carbocycles. The van der Waals surface area contributed by atoms with Crippen LogP contribution >= 0.6 is 0 Å². The number of imidazole rings is 1. The van der Waals surface area contributed by atoms with Crippen LogP contribution in [0, 0.1) is 0 Å². The second-order valence-corrected chi connectivity index (χ2v) is 6.92. The molecule has 1 fully saturated rings. The fourth-order valence-corrected chi connectivity index (χ4v) is 3.60. The molecule has 3 aromatic heterocycles. The second kappa shape index (κ2) is 7.03. The van der Waals surface area contributed by atoms with Crippen molar-refractivity contribution in [1.82, 2.24) is 24.1 Å². The lowest BCUT2D eigenvalue weighted by Crippen LogP contribution is -2.29. The van der Waals surface area contributed by atoms with Crippen LogP contribution in [0.2, 0.25) is 0 Å². The normalized spacial score (nSPS) is 14.1. The molecule has 5 rings (SSSR count). The third-order valence-corrected chi connectivity index (χ3v) is 4.97. The van der Waals surface area contributed by atoms with Crippen molar-refractivity contribution in [3.63, 3.8) is 0 Å². The van der Waals surface area contributed by atoms with E-state index in [0.29, 0.717) is 28.2 Å². The van der Waals surface area contributed by atoms with Gasteiger partial charge >= 0.3 is 0 Å². The first-order valence-corrected chi connectivity index (χ1v) is 9.40. The minimum Gasteiger partial charge on any atom is -0.331 e. The van der Waals surface area contributed by atoms with E-state index in [-0.39, 0.29) is 36.8 Å². The molecule has 0 saturated carbocycles. The Kier molecular flexibility index (Phi) is 4.20. The molecule has 0 aliphatic carbocycles. The number of nitrogens with zero attached hydrogens (tertiary/aromatic N) is 6. The van der Waals surface area contributed by atoms with Gasteiger partial charge in [-0.2, -0.15) is 0 Å². The van der Waals surface area contributed by atoms with Crippen molar-refractivity contribution in [3.05, 3.63) is 77.4 Å². The number of anilines is 1. The van der Waals surface area contributed by atoms with E-state index in [0.717, 1.165) is 4.90 Å². The van der Waals surface area contributed by atoms with Crippen molar-refractivity contribution in [2.75, 3.05) is 4.90 Å². The predicted molar refractivity (Wildman–Crippen MR) is 108 cm³/mol. The summed E-state index contributed by atoms with van der Waals surface area (Å²) in [5.74, 6) is -0.494. The van der Waals surface area contributed by atoms with Crippen LogP contribution in [-0.2, 0) is 16.1 Å². The molecule has 1 saturated heterocycles. The summed E-state index contributed by atoms with van der Waals surface area (Å²) in [7, 11) is 0. The van der Waals surface area contributed by atoms with Crippen LogP contribution < -0.4 is 10.5 Å². The number of pyridine rings is 1. The van der Waals surface area contributed by atoms with E-state index in [1.807, 2.05) is 0 Å². The molecule has 9 nitrogen and oxygen atoms in total. The van der Waals surface area contributed by atoms with Gasteiger partial charge in [-0.25, -0.2) is 15.0 Å². The summed E-state index contributed by atoms with van der Waals surface area (Å²) in [5.41, 5.74) is 1.89. The number of benzene rings is 1. The van der Waals surface area contributed by atoms with Gasteiger partial charge in [-0.15, -0.1) is 0 Å². The molecule has 0 unspecified atom stereocenters. The summed E-state index contributed by atoms with van der Waals surface area (Å²) in [4.78, 5) is 51.7. The van der Waals surface area contributed by atoms with E-state index >= 15 is 0 Å². The molecule has 0 bridgehead atoms. The first-order valence-electron chi connectivity index (χ1n) is 9.40. The molecular formula is C21H16N6O3. The Morgan fingerprint density at radius 3 is 2.50 bits per heavy atom. The number of rotatable bonds is 4. The van der Waals surface area contributed by atoms with Gasteiger partial charge in [0.2, 0.25) is 11.8 Å². The van der Waals surface area contributed by atoms with Crippen LogP contribution in [0.25, 0.3) is 16.9 Å². The van der Waals surface area contributed by atoms with Crippen LogP contribution in [0.3, 0.4) is 0 Å². The van der Waals surface area contributed by atoms with Crippen LogP contribution in [-0.4, -0.2) is 35.9 Å². The van der Waals surface area contributed by atoms with E-state index in [1.165, 1.54) is 4.57 Å². The zero-order chi connectivity index (χ0) is 20.7. The lowest BCUT2D eigenvalue weighted by Gasteiger charge is -2.16. The smallest absolute Gasteiger partial charge is 0.280 e. The summed E-state index contributed by atoms with van der Waals surface area (Å²) in [6, 6.07) is 10.3. The van der Waals surface area contributed by atoms with E-state index in [4.69, 9.17) is 0 Å². The van der Waals surface area contributed by atoms with Crippen LogP contribution in [0.15, 0.2) is 66.1 Å². The molecular weight excluding hydrogens is 384 g/mol. The molecule has 30 heavy (non-hydrogen) atoms. The fourth-order valence-electron chi connectivity index (χ4n) is 3.60. The fraction of sp³-hybridized carbons (Fsp3) is 0.143. The Morgan fingerprint density at radius 2 is 1.73 bits per heavy atom. The maximum absolute atomic E-state index is 13.4. The Balaban J connectivity index is 1.70. The molecule has 0 spiro atoms. The Morgan fingerprint density at radius 1 is 0.933 bits per heavy atom.